The Morgan fingerprint density at radius 1 is 0.508 bits per heavy atom. The number of carbonyl (C=O) groups excluding carboxylic acids is 17. The second-order valence-corrected chi connectivity index (χ2v) is 35.2. The standard InChI is InChI=1S/C92H126N22O17S/c1-11-15-32-72-85(124)103-64(26-14-4)82(121)109-71(80(119)99-49-77(94)116)50-132-51-78(117)101-70(44-57-27-21-22-38-96-57)88(127)110(8)54(7)79(118)104-65(36-37-76(93)115)90(129)113-39-23-34-73(113)87(126)106-67(45-58-48-95-52-100-58)84(123)107-68(41-53(5)6)91(130)114-40-24-35-74(114)86(125)105-66(42-55-46-97-61-30-19-17-28-59(55)61)83(122)102-63(25-13-3)81(120)108-69(43-56-47-98-62-31-20-18-29-60(56)62)89(128)112(10)75(33-16-12-2)92(131)111(72)9/h13-14,17-22,27-31,38,46-48,52-54,63-75,97-98H,3-4,11-12,15-16,23-26,32-37,39-45,49-51H2,1-2,5-10H3,(H2,93,115)(H2,94,116)(H,95,100)(H,99,119)(H,101,117)(H,102,122)(H,103,124)(H,104,118)(H,105,125)(H,106,126)(H,107,123)(H,108,120)(H,109,121)/t54-,63-,64-,65-,66-,67-,68-,69-,70-,71-,72-,73-,74?,75-/m0/s1. The number of hydrogen-bond acceptors (Lipinski definition) is 20. The van der Waals surface area contributed by atoms with Crippen molar-refractivity contribution in [1.29, 1.82) is 0 Å². The number of thioether (sulfide) groups is 1. The van der Waals surface area contributed by atoms with E-state index in [1.165, 1.54) is 78.5 Å². The fourth-order valence-corrected chi connectivity index (χ4v) is 17.4. The molecule has 14 atom stereocenters. The minimum absolute atomic E-state index is 0.0245. The van der Waals surface area contributed by atoms with Crippen molar-refractivity contribution in [2.24, 2.45) is 17.4 Å². The summed E-state index contributed by atoms with van der Waals surface area (Å²) in [5.74, 6) is -15.2. The monoisotopic (exact) mass is 1840 g/mol. The summed E-state index contributed by atoms with van der Waals surface area (Å²) in [5.41, 5.74) is 14.3. The molecule has 3 aliphatic rings. The van der Waals surface area contributed by atoms with Crippen molar-refractivity contribution in [2.45, 2.75) is 241 Å². The molecule has 17 N–H and O–H groups in total. The highest BCUT2D eigenvalue weighted by Crippen LogP contribution is 2.28. The molecule has 9 rings (SSSR count). The van der Waals surface area contributed by atoms with E-state index in [0.717, 1.165) is 16.7 Å². The fraction of sp³-hybridized carbons (Fsp3) is 0.511. The second-order valence-electron chi connectivity index (χ2n) is 34.1. The molecule has 4 aromatic heterocycles. The predicted molar refractivity (Wildman–Crippen MR) is 493 cm³/mol. The SMILES string of the molecule is C=CC[C@@H]1NC(=O)[C@H](Cc2c[nH]c3ccccc23)NC(=O)C2CCCN2C(=O)[C@H](CC(C)C)NC(=O)[C@H](Cc2c[nH]cn2)NC(=O)[C@@H]2CCCN2C(=O)[C@H](CCC(N)=O)NC(=O)[C@H](C)N(C)C(=O)[C@H](Cc2ccccn2)NC(=O)CSC[C@@H](C(=O)NCC(N)=O)NC(=O)[C@H](CC=C)NC(=O)[C@H](CCCC)N(C)C(=O)[C@H](CCCC)N(C)C(=O)[C@H](Cc2c[nH]c3ccccc23)NC1=O. The maximum absolute atomic E-state index is 15.8. The predicted octanol–water partition coefficient (Wildman–Crippen LogP) is 1.08. The lowest BCUT2D eigenvalue weighted by Gasteiger charge is -2.36. The van der Waals surface area contributed by atoms with E-state index in [1.807, 2.05) is 64.1 Å². The normalized spacial score (nSPS) is 24.5. The number of carbonyl (C=O) groups is 17. The summed E-state index contributed by atoms with van der Waals surface area (Å²) < 4.78 is 0. The van der Waals surface area contributed by atoms with Gasteiger partial charge in [0.1, 0.15) is 84.6 Å². The number of rotatable bonds is 26. The highest BCUT2D eigenvalue weighted by molar-refractivity contribution is 8.00. The van der Waals surface area contributed by atoms with Crippen molar-refractivity contribution in [2.75, 3.05) is 52.3 Å². The van der Waals surface area contributed by atoms with E-state index in [4.69, 9.17) is 11.5 Å². The Morgan fingerprint density at radius 3 is 1.54 bits per heavy atom. The van der Waals surface area contributed by atoms with Crippen LogP contribution in [0.25, 0.3) is 21.8 Å². The van der Waals surface area contributed by atoms with Crippen LogP contribution in [0.2, 0.25) is 0 Å². The molecular formula is C92H126N22O17S. The van der Waals surface area contributed by atoms with Gasteiger partial charge in [-0.15, -0.1) is 24.9 Å². The molecule has 39 nitrogen and oxygen atoms in total. The van der Waals surface area contributed by atoms with Crippen molar-refractivity contribution in [3.05, 3.63) is 146 Å². The van der Waals surface area contributed by atoms with E-state index in [-0.39, 0.29) is 108 Å². The molecule has 3 fully saturated rings. The summed E-state index contributed by atoms with van der Waals surface area (Å²) in [4.78, 5) is 274. The van der Waals surface area contributed by atoms with E-state index >= 15 is 43.2 Å². The van der Waals surface area contributed by atoms with Gasteiger partial charge >= 0.3 is 0 Å². The number of pyridine rings is 1. The van der Waals surface area contributed by atoms with Gasteiger partial charge in [0.25, 0.3) is 0 Å². The highest BCUT2D eigenvalue weighted by atomic mass is 32.2. The number of aromatic amines is 3. The number of nitrogens with two attached hydrogens (primary N) is 2. The van der Waals surface area contributed by atoms with Gasteiger partial charge in [0.05, 0.1) is 24.3 Å². The van der Waals surface area contributed by atoms with Crippen LogP contribution in [0.5, 0.6) is 0 Å². The topological polar surface area (TPSA) is 552 Å². The number of H-pyrrole nitrogens is 3. The Morgan fingerprint density at radius 2 is 0.992 bits per heavy atom. The third-order valence-electron chi connectivity index (χ3n) is 24.0. The molecule has 132 heavy (non-hydrogen) atoms. The number of nitrogens with one attached hydrogen (secondary N) is 13. The fourth-order valence-electron chi connectivity index (χ4n) is 16.6. The van der Waals surface area contributed by atoms with Gasteiger partial charge in [-0.3, -0.25) is 86.5 Å². The van der Waals surface area contributed by atoms with Crippen molar-refractivity contribution in [1.82, 2.24) is 103 Å². The largest absolute Gasteiger partial charge is 0.370 e. The molecule has 6 aromatic rings. The van der Waals surface area contributed by atoms with E-state index in [9.17, 15) is 38.4 Å². The van der Waals surface area contributed by atoms with Crippen LogP contribution in [0.15, 0.2) is 123 Å². The van der Waals surface area contributed by atoms with Crippen molar-refractivity contribution in [3.8, 4) is 0 Å². The maximum atomic E-state index is 15.8. The Hall–Kier alpha value is -13.3. The summed E-state index contributed by atoms with van der Waals surface area (Å²) in [7, 11) is 4.08. The number of amides is 17. The van der Waals surface area contributed by atoms with E-state index < -0.39 is 204 Å². The number of benzene rings is 2. The number of unbranched alkanes of at least 4 members (excludes halogenated alkanes) is 2. The lowest BCUT2D eigenvalue weighted by molar-refractivity contribution is -0.149. The van der Waals surface area contributed by atoms with Crippen LogP contribution in [0.3, 0.4) is 0 Å². The molecule has 40 heteroatoms. The molecule has 0 spiro atoms. The Bertz CT molecular complexity index is 5100. The Kier molecular flexibility index (Phi) is 38.5. The number of aromatic nitrogens is 5. The van der Waals surface area contributed by atoms with Crippen LogP contribution in [0.1, 0.15) is 153 Å². The molecule has 3 aliphatic heterocycles. The Balaban J connectivity index is 1.09. The van der Waals surface area contributed by atoms with Gasteiger partial charge in [0.2, 0.25) is 100 Å². The molecule has 0 radical (unpaired) electrons. The third kappa shape index (κ3) is 28.1. The van der Waals surface area contributed by atoms with Crippen molar-refractivity contribution in [3.63, 3.8) is 0 Å². The van der Waals surface area contributed by atoms with Crippen molar-refractivity contribution < 1.29 is 81.5 Å². The van der Waals surface area contributed by atoms with Gasteiger partial charge in [-0.1, -0.05) is 108 Å². The lowest BCUT2D eigenvalue weighted by atomic mass is 9.99. The van der Waals surface area contributed by atoms with Crippen LogP contribution in [0.4, 0.5) is 0 Å². The minimum atomic E-state index is -1.55. The number of primary amides is 2. The van der Waals surface area contributed by atoms with Gasteiger partial charge in [0.15, 0.2) is 0 Å². The van der Waals surface area contributed by atoms with Crippen LogP contribution in [-0.2, 0) is 107 Å². The first-order chi connectivity index (χ1) is 63.1. The number of likely N-dealkylation sites (N-methyl/N-ethyl adjacent to an activating group) is 3. The van der Waals surface area contributed by atoms with E-state index in [1.54, 1.807) is 42.7 Å². The number of hydrogen-bond donors (Lipinski definition) is 15. The van der Waals surface area contributed by atoms with Gasteiger partial charge in [-0.05, 0) is 112 Å². The average Bonchev–Trinajstić information content (AvgIpc) is 1.59. The maximum Gasteiger partial charge on any atom is 0.245 e. The molecular weight excluding hydrogens is 1720 g/mol. The zero-order chi connectivity index (χ0) is 96.0. The number of imidazole rings is 1. The van der Waals surface area contributed by atoms with Crippen LogP contribution in [-0.4, -0.2) is 287 Å². The van der Waals surface area contributed by atoms with Crippen LogP contribution in [0, 0.1) is 5.92 Å². The molecule has 0 bridgehead atoms. The summed E-state index contributed by atoms with van der Waals surface area (Å²) in [6.45, 7) is 15.8. The molecule has 17 amide bonds. The molecule has 0 saturated carbocycles. The number of para-hydroxylation sites is 2. The van der Waals surface area contributed by atoms with E-state index in [0.29, 0.717) is 76.4 Å². The van der Waals surface area contributed by atoms with Crippen LogP contribution < -0.4 is 64.6 Å². The molecule has 2 aromatic carbocycles. The molecule has 0 aliphatic carbocycles. The molecule has 3 saturated heterocycles. The lowest BCUT2D eigenvalue weighted by Crippen LogP contribution is -2.61. The first-order valence-corrected chi connectivity index (χ1v) is 46.1. The molecule has 1 unspecified atom stereocenters. The first kappa shape index (κ1) is 102. The van der Waals surface area contributed by atoms with Gasteiger partial charge < -0.3 is 104 Å². The summed E-state index contributed by atoms with van der Waals surface area (Å²) in [5, 5.41) is 28.8. The van der Waals surface area contributed by atoms with Gasteiger partial charge in [-0.2, -0.15) is 0 Å². The zero-order valence-electron chi connectivity index (χ0n) is 76.1. The minimum Gasteiger partial charge on any atom is -0.370 e. The average molecular weight is 1840 g/mol. The van der Waals surface area contributed by atoms with Gasteiger partial charge in [-0.25, -0.2) is 4.98 Å². The Labute approximate surface area is 770 Å². The molecule has 7 heterocycles. The third-order valence-corrected chi connectivity index (χ3v) is 25.0. The smallest absolute Gasteiger partial charge is 0.245 e. The summed E-state index contributed by atoms with van der Waals surface area (Å²) >= 11 is 0.812. The van der Waals surface area contributed by atoms with Crippen LogP contribution >= 0.6 is 11.8 Å². The second kappa shape index (κ2) is 49.6. The quantitative estimate of drug-likeness (QED) is 0.0338. The summed E-state index contributed by atoms with van der Waals surface area (Å²) in [6.07, 6.45) is 11.0. The highest BCUT2D eigenvalue weighted by Gasteiger charge is 2.45. The first-order valence-electron chi connectivity index (χ1n) is 44.9. The number of nitrogens with zero attached hydrogens (tertiary/aromatic N) is 7. The van der Waals surface area contributed by atoms with Gasteiger partial charge in [0, 0.05) is 124 Å². The van der Waals surface area contributed by atoms with E-state index in [2.05, 4.69) is 91.2 Å². The summed E-state index contributed by atoms with van der Waals surface area (Å²) in [6, 6.07) is -0.485. The molecule has 712 valence electrons. The number of fused-ring (bicyclic) bond motifs is 4. The van der Waals surface area contributed by atoms with Crippen molar-refractivity contribution >= 4 is 134 Å². The zero-order valence-corrected chi connectivity index (χ0v) is 76.9.